The first-order valence-electron chi connectivity index (χ1n) is 6.32. The normalized spacial score (nSPS) is 12.2. The average Bonchev–Trinajstić information content (AvgIpc) is 2.37. The van der Waals surface area contributed by atoms with Crippen molar-refractivity contribution in [2.75, 3.05) is 6.54 Å². The fraction of sp³-hybridized carbons (Fsp3) is 0.500. The molecule has 1 aromatic rings. The van der Waals surface area contributed by atoms with E-state index in [-0.39, 0.29) is 11.9 Å². The maximum absolute atomic E-state index is 12.0. The fourth-order valence-electron chi connectivity index (χ4n) is 1.76. The Hall–Kier alpha value is -1.06. The summed E-state index contributed by atoms with van der Waals surface area (Å²) >= 11 is 5.85. The van der Waals surface area contributed by atoms with Crippen LogP contribution in [0.3, 0.4) is 0 Å². The Kier molecular flexibility index (Phi) is 6.16. The number of benzene rings is 1. The number of carbonyl (C=O) groups is 1. The molecule has 2 N–H and O–H groups in total. The third-order valence-electron chi connectivity index (χ3n) is 3.07. The minimum atomic E-state index is 0.113. The first-order valence-corrected chi connectivity index (χ1v) is 6.70. The van der Waals surface area contributed by atoms with Gasteiger partial charge in [0.1, 0.15) is 0 Å². The van der Waals surface area contributed by atoms with Crippen molar-refractivity contribution >= 4 is 17.5 Å². The Morgan fingerprint density at radius 1 is 1.39 bits per heavy atom. The minimum absolute atomic E-state index is 0.113. The van der Waals surface area contributed by atoms with E-state index in [0.717, 1.165) is 12.0 Å². The van der Waals surface area contributed by atoms with E-state index in [0.29, 0.717) is 24.5 Å². The molecule has 0 heterocycles. The molecule has 0 radical (unpaired) electrons. The highest BCUT2D eigenvalue weighted by Crippen LogP contribution is 2.15. The van der Waals surface area contributed by atoms with Crippen LogP contribution < -0.4 is 5.73 Å². The van der Waals surface area contributed by atoms with Crippen molar-refractivity contribution < 1.29 is 4.79 Å². The average molecular weight is 269 g/mol. The Labute approximate surface area is 114 Å². The summed E-state index contributed by atoms with van der Waals surface area (Å²) in [6.07, 6.45) is 1.34. The second-order valence-electron chi connectivity index (χ2n) is 4.44. The van der Waals surface area contributed by atoms with Gasteiger partial charge in [-0.1, -0.05) is 30.7 Å². The van der Waals surface area contributed by atoms with Crippen LogP contribution in [0.5, 0.6) is 0 Å². The molecular formula is C14H21ClN2O. The summed E-state index contributed by atoms with van der Waals surface area (Å²) < 4.78 is 0. The smallest absolute Gasteiger partial charge is 0.224 e. The van der Waals surface area contributed by atoms with E-state index in [1.54, 1.807) is 0 Å². The summed E-state index contributed by atoms with van der Waals surface area (Å²) in [5.41, 5.74) is 6.55. The molecule has 18 heavy (non-hydrogen) atoms. The molecule has 1 amide bonds. The zero-order chi connectivity index (χ0) is 13.5. The van der Waals surface area contributed by atoms with Crippen LogP contribution in [-0.2, 0) is 11.3 Å². The van der Waals surface area contributed by atoms with E-state index in [1.807, 2.05) is 29.2 Å². The van der Waals surface area contributed by atoms with Crippen LogP contribution >= 0.6 is 11.6 Å². The summed E-state index contributed by atoms with van der Waals surface area (Å²) in [7, 11) is 0. The second-order valence-corrected chi connectivity index (χ2v) is 4.88. The number of nitrogens with zero attached hydrogens (tertiary/aromatic N) is 1. The van der Waals surface area contributed by atoms with Crippen molar-refractivity contribution in [3.05, 3.63) is 34.9 Å². The lowest BCUT2D eigenvalue weighted by atomic mass is 10.1. The summed E-state index contributed by atoms with van der Waals surface area (Å²) in [4.78, 5) is 13.9. The van der Waals surface area contributed by atoms with E-state index in [1.165, 1.54) is 0 Å². The molecule has 100 valence electrons. The molecule has 1 atom stereocenters. The molecule has 4 heteroatoms. The fourth-order valence-corrected chi connectivity index (χ4v) is 1.89. The molecule has 1 unspecified atom stereocenters. The molecule has 3 nitrogen and oxygen atoms in total. The van der Waals surface area contributed by atoms with Crippen LogP contribution in [0.4, 0.5) is 0 Å². The molecule has 0 saturated heterocycles. The van der Waals surface area contributed by atoms with Gasteiger partial charge in [0.2, 0.25) is 5.91 Å². The van der Waals surface area contributed by atoms with Crippen molar-refractivity contribution in [2.24, 2.45) is 5.73 Å². The van der Waals surface area contributed by atoms with Gasteiger partial charge in [-0.05, 0) is 31.0 Å². The van der Waals surface area contributed by atoms with Crippen LogP contribution in [0.25, 0.3) is 0 Å². The van der Waals surface area contributed by atoms with Gasteiger partial charge in [0.15, 0.2) is 0 Å². The number of halogens is 1. The highest BCUT2D eigenvalue weighted by atomic mass is 35.5. The first-order chi connectivity index (χ1) is 8.58. The van der Waals surface area contributed by atoms with Crippen LogP contribution in [-0.4, -0.2) is 23.4 Å². The Bertz CT molecular complexity index is 378. The summed E-state index contributed by atoms with van der Waals surface area (Å²) in [6.45, 7) is 5.15. The van der Waals surface area contributed by atoms with Gasteiger partial charge in [0, 0.05) is 30.6 Å². The highest BCUT2D eigenvalue weighted by Gasteiger charge is 2.18. The van der Waals surface area contributed by atoms with E-state index < -0.39 is 0 Å². The van der Waals surface area contributed by atoms with Crippen molar-refractivity contribution in [3.8, 4) is 0 Å². The van der Waals surface area contributed by atoms with Crippen molar-refractivity contribution in [2.45, 2.75) is 39.3 Å². The molecule has 0 aliphatic heterocycles. The predicted molar refractivity (Wildman–Crippen MR) is 75.4 cm³/mol. The Balaban J connectivity index is 2.77. The first kappa shape index (κ1) is 15.0. The monoisotopic (exact) mass is 268 g/mol. The zero-order valence-electron chi connectivity index (χ0n) is 11.0. The summed E-state index contributed by atoms with van der Waals surface area (Å²) in [6, 6.07) is 7.82. The van der Waals surface area contributed by atoms with E-state index in [9.17, 15) is 4.79 Å². The van der Waals surface area contributed by atoms with E-state index in [4.69, 9.17) is 17.3 Å². The van der Waals surface area contributed by atoms with Crippen LogP contribution in [0.15, 0.2) is 24.3 Å². The molecule has 0 aromatic heterocycles. The standard InChI is InChI=1S/C14H21ClN2O/c1-3-11(2)17(14(18)8-9-16)10-12-4-6-13(15)7-5-12/h4-7,11H,3,8-10,16H2,1-2H3. The van der Waals surface area contributed by atoms with Gasteiger partial charge < -0.3 is 10.6 Å². The SMILES string of the molecule is CCC(C)N(Cc1ccc(Cl)cc1)C(=O)CCN. The largest absolute Gasteiger partial charge is 0.336 e. The number of hydrogen-bond donors (Lipinski definition) is 1. The lowest BCUT2D eigenvalue weighted by Gasteiger charge is -2.28. The van der Waals surface area contributed by atoms with Crippen LogP contribution in [0.2, 0.25) is 5.02 Å². The molecule has 0 bridgehead atoms. The number of hydrogen-bond acceptors (Lipinski definition) is 2. The minimum Gasteiger partial charge on any atom is -0.336 e. The number of nitrogens with two attached hydrogens (primary N) is 1. The molecule has 0 spiro atoms. The molecule has 0 saturated carbocycles. The van der Waals surface area contributed by atoms with Crippen molar-refractivity contribution in [1.82, 2.24) is 4.90 Å². The quantitative estimate of drug-likeness (QED) is 0.862. The van der Waals surface area contributed by atoms with Gasteiger partial charge in [0.05, 0.1) is 0 Å². The zero-order valence-corrected chi connectivity index (χ0v) is 11.8. The van der Waals surface area contributed by atoms with Gasteiger partial charge in [-0.15, -0.1) is 0 Å². The van der Waals surface area contributed by atoms with Crippen LogP contribution in [0.1, 0.15) is 32.3 Å². The van der Waals surface area contributed by atoms with Gasteiger partial charge >= 0.3 is 0 Å². The third-order valence-corrected chi connectivity index (χ3v) is 3.32. The third kappa shape index (κ3) is 4.31. The van der Waals surface area contributed by atoms with Crippen LogP contribution in [0, 0.1) is 0 Å². The molecular weight excluding hydrogens is 248 g/mol. The maximum atomic E-state index is 12.0. The van der Waals surface area contributed by atoms with E-state index >= 15 is 0 Å². The topological polar surface area (TPSA) is 46.3 Å². The Morgan fingerprint density at radius 2 is 2.00 bits per heavy atom. The molecule has 1 aromatic carbocycles. The highest BCUT2D eigenvalue weighted by molar-refractivity contribution is 6.30. The number of amides is 1. The van der Waals surface area contributed by atoms with Crippen molar-refractivity contribution in [1.29, 1.82) is 0 Å². The molecule has 0 fully saturated rings. The number of carbonyl (C=O) groups excluding carboxylic acids is 1. The lowest BCUT2D eigenvalue weighted by molar-refractivity contribution is -0.133. The predicted octanol–water partition coefficient (Wildman–Crippen LogP) is 2.82. The summed E-state index contributed by atoms with van der Waals surface area (Å²) in [5, 5.41) is 0.710. The van der Waals surface area contributed by atoms with Gasteiger partial charge in [-0.3, -0.25) is 4.79 Å². The number of rotatable bonds is 6. The molecule has 1 rings (SSSR count). The molecule has 0 aliphatic carbocycles. The molecule has 0 aliphatic rings. The summed E-state index contributed by atoms with van der Waals surface area (Å²) in [5.74, 6) is 0.113. The second kappa shape index (κ2) is 7.39. The lowest BCUT2D eigenvalue weighted by Crippen LogP contribution is -2.38. The Morgan fingerprint density at radius 3 is 2.50 bits per heavy atom. The van der Waals surface area contributed by atoms with Gasteiger partial charge in [-0.2, -0.15) is 0 Å². The maximum Gasteiger partial charge on any atom is 0.224 e. The van der Waals surface area contributed by atoms with E-state index in [2.05, 4.69) is 13.8 Å². The van der Waals surface area contributed by atoms with Gasteiger partial charge in [0.25, 0.3) is 0 Å². The van der Waals surface area contributed by atoms with Gasteiger partial charge in [-0.25, -0.2) is 0 Å². The van der Waals surface area contributed by atoms with Crippen molar-refractivity contribution in [3.63, 3.8) is 0 Å².